The van der Waals surface area contributed by atoms with Gasteiger partial charge >= 0.3 is 0 Å². The van der Waals surface area contributed by atoms with E-state index in [2.05, 4.69) is 25.3 Å². The number of piperidine rings is 1. The predicted octanol–water partition coefficient (Wildman–Crippen LogP) is 4.05. The number of H-pyrrole nitrogens is 1. The number of nitrogens with zero attached hydrogens (tertiary/aromatic N) is 7. The van der Waals surface area contributed by atoms with Gasteiger partial charge in [-0.3, -0.25) is 14.6 Å². The number of rotatable bonds is 5. The summed E-state index contributed by atoms with van der Waals surface area (Å²) in [6, 6.07) is 9.94. The van der Waals surface area contributed by atoms with Crippen LogP contribution in [0, 0.1) is 5.82 Å². The summed E-state index contributed by atoms with van der Waals surface area (Å²) in [5.41, 5.74) is 11.1. The van der Waals surface area contributed by atoms with Gasteiger partial charge < -0.3 is 15.6 Å². The van der Waals surface area contributed by atoms with E-state index in [9.17, 15) is 14.0 Å². The maximum atomic E-state index is 13.3. The molecule has 1 amide bonds. The second-order valence-corrected chi connectivity index (χ2v) is 10.6. The number of benzene rings is 1. The van der Waals surface area contributed by atoms with E-state index in [1.807, 2.05) is 17.0 Å². The number of pyridine rings is 1. The Hall–Kier alpha value is -5.00. The third-order valence-corrected chi connectivity index (χ3v) is 8.25. The maximum absolute atomic E-state index is 13.3. The fourth-order valence-electron chi connectivity index (χ4n) is 6.40. The van der Waals surface area contributed by atoms with Crippen molar-refractivity contribution in [3.63, 3.8) is 0 Å². The van der Waals surface area contributed by atoms with Gasteiger partial charge in [0.25, 0.3) is 5.91 Å². The molecule has 12 heteroatoms. The molecule has 2 bridgehead atoms. The molecule has 6 heterocycles. The Balaban J connectivity index is 1.25. The van der Waals surface area contributed by atoms with Crippen molar-refractivity contribution in [3.05, 3.63) is 78.0 Å². The highest BCUT2D eigenvalue weighted by Crippen LogP contribution is 2.45. The second-order valence-electron chi connectivity index (χ2n) is 10.6. The number of ketones is 1. The van der Waals surface area contributed by atoms with Crippen molar-refractivity contribution in [1.29, 1.82) is 0 Å². The summed E-state index contributed by atoms with van der Waals surface area (Å²) in [6.45, 7) is 1.49. The topological polar surface area (TPSA) is 148 Å². The molecule has 206 valence electrons. The molecule has 11 nitrogen and oxygen atoms in total. The van der Waals surface area contributed by atoms with E-state index in [-0.39, 0.29) is 47.2 Å². The summed E-state index contributed by atoms with van der Waals surface area (Å²) in [5, 5.41) is 12.1. The third-order valence-electron chi connectivity index (χ3n) is 8.25. The minimum Gasteiger partial charge on any atom is -0.383 e. The number of halogens is 1. The summed E-state index contributed by atoms with van der Waals surface area (Å²) in [4.78, 5) is 40.3. The van der Waals surface area contributed by atoms with Gasteiger partial charge in [0.05, 0.1) is 23.1 Å². The first-order chi connectivity index (χ1) is 19.9. The number of nitrogens with two attached hydrogens (primary N) is 1. The van der Waals surface area contributed by atoms with Gasteiger partial charge in [-0.25, -0.2) is 9.37 Å². The average Bonchev–Trinajstić information content (AvgIpc) is 3.71. The Morgan fingerprint density at radius 3 is 2.39 bits per heavy atom. The van der Waals surface area contributed by atoms with Crippen LogP contribution in [0.4, 0.5) is 10.2 Å². The number of nitrogens with one attached hydrogen (secondary N) is 1. The highest BCUT2D eigenvalue weighted by atomic mass is 19.1. The molecule has 3 N–H and O–H groups in total. The summed E-state index contributed by atoms with van der Waals surface area (Å²) in [6.07, 6.45) is 7.87. The first kappa shape index (κ1) is 25.0. The smallest absolute Gasteiger partial charge is 0.292 e. The van der Waals surface area contributed by atoms with Gasteiger partial charge in [0, 0.05) is 40.9 Å². The van der Waals surface area contributed by atoms with Crippen LogP contribution < -0.4 is 5.73 Å². The molecule has 2 aliphatic heterocycles. The molecule has 4 aromatic heterocycles. The minimum atomic E-state index is -0.304. The van der Waals surface area contributed by atoms with Gasteiger partial charge in [0.2, 0.25) is 5.82 Å². The first-order valence-corrected chi connectivity index (χ1v) is 13.5. The Bertz CT molecular complexity index is 1770. The van der Waals surface area contributed by atoms with Crippen LogP contribution in [0.5, 0.6) is 0 Å². The predicted molar refractivity (Wildman–Crippen MR) is 147 cm³/mol. The van der Waals surface area contributed by atoms with Crippen LogP contribution in [-0.2, 0) is 0 Å². The molecule has 2 aliphatic rings. The van der Waals surface area contributed by atoms with Crippen LogP contribution in [0.15, 0.2) is 55.1 Å². The van der Waals surface area contributed by atoms with Crippen molar-refractivity contribution in [2.75, 3.05) is 5.73 Å². The van der Waals surface area contributed by atoms with Crippen molar-refractivity contribution < 1.29 is 14.0 Å². The molecule has 7 rings (SSSR count). The van der Waals surface area contributed by atoms with E-state index in [4.69, 9.17) is 10.7 Å². The molecule has 2 fully saturated rings. The van der Waals surface area contributed by atoms with Gasteiger partial charge in [-0.2, -0.15) is 9.61 Å². The lowest BCUT2D eigenvalue weighted by molar-refractivity contribution is 0.0556. The number of carbonyl (C=O) groups excluding carboxylic acids is 2. The van der Waals surface area contributed by atoms with Crippen LogP contribution in [-0.4, -0.2) is 63.4 Å². The van der Waals surface area contributed by atoms with Gasteiger partial charge in [0.15, 0.2) is 11.4 Å². The van der Waals surface area contributed by atoms with Crippen LogP contribution >= 0.6 is 0 Å². The lowest BCUT2D eigenvalue weighted by Crippen LogP contribution is -2.46. The van der Waals surface area contributed by atoms with E-state index in [1.54, 1.807) is 24.5 Å². The molecule has 3 atom stereocenters. The van der Waals surface area contributed by atoms with Crippen molar-refractivity contribution >= 4 is 23.2 Å². The minimum absolute atomic E-state index is 0.00277. The van der Waals surface area contributed by atoms with E-state index < -0.39 is 0 Å². The highest BCUT2D eigenvalue weighted by Gasteiger charge is 2.45. The fourth-order valence-corrected chi connectivity index (χ4v) is 6.40. The molecule has 5 aromatic rings. The van der Waals surface area contributed by atoms with Gasteiger partial charge in [0.1, 0.15) is 18.0 Å². The number of fused-ring (bicyclic) bond motifs is 3. The van der Waals surface area contributed by atoms with Crippen molar-refractivity contribution in [1.82, 2.24) is 39.7 Å². The summed E-state index contributed by atoms with van der Waals surface area (Å²) < 4.78 is 14.8. The number of anilines is 1. The quantitative estimate of drug-likeness (QED) is 0.311. The normalized spacial score (nSPS) is 20.0. The number of nitrogen functional groups attached to an aromatic ring is 1. The number of amides is 1. The van der Waals surface area contributed by atoms with E-state index >= 15 is 0 Å². The molecular weight excluding hydrogens is 525 g/mol. The number of aromatic nitrogens is 7. The molecular formula is C29H26FN9O2. The molecule has 0 radical (unpaired) electrons. The third kappa shape index (κ3) is 4.14. The van der Waals surface area contributed by atoms with Crippen LogP contribution in [0.3, 0.4) is 0 Å². The zero-order valence-corrected chi connectivity index (χ0v) is 22.2. The SMILES string of the molecule is CC(=O)c1c([C@H]2C[C@H]3CC[C@@H](C2)N3C(=O)c2nnc[nH]2)nc2c(-c3ccc(-c4ccc(F)cc4)nc3)cnn2c1N. The van der Waals surface area contributed by atoms with Crippen LogP contribution in [0.25, 0.3) is 28.0 Å². The van der Waals surface area contributed by atoms with E-state index in [1.165, 1.54) is 29.9 Å². The van der Waals surface area contributed by atoms with E-state index in [0.717, 1.165) is 29.5 Å². The maximum Gasteiger partial charge on any atom is 0.292 e. The Morgan fingerprint density at radius 1 is 1.02 bits per heavy atom. The molecule has 41 heavy (non-hydrogen) atoms. The molecule has 0 unspecified atom stereocenters. The Labute approximate surface area is 233 Å². The first-order valence-electron chi connectivity index (χ1n) is 13.5. The summed E-state index contributed by atoms with van der Waals surface area (Å²) in [5.74, 6) is -0.219. The zero-order chi connectivity index (χ0) is 28.2. The van der Waals surface area contributed by atoms with Gasteiger partial charge in [-0.15, -0.1) is 10.2 Å². The van der Waals surface area contributed by atoms with Crippen LogP contribution in [0.2, 0.25) is 0 Å². The monoisotopic (exact) mass is 551 g/mol. The number of hydrogen-bond acceptors (Lipinski definition) is 8. The Kier molecular flexibility index (Phi) is 5.84. The summed E-state index contributed by atoms with van der Waals surface area (Å²) >= 11 is 0. The molecule has 0 saturated carbocycles. The number of aromatic amines is 1. The van der Waals surface area contributed by atoms with Crippen molar-refractivity contribution in [3.8, 4) is 22.4 Å². The molecule has 2 saturated heterocycles. The lowest BCUT2D eigenvalue weighted by atomic mass is 9.85. The van der Waals surface area contributed by atoms with Crippen LogP contribution in [0.1, 0.15) is 65.2 Å². The molecule has 0 spiro atoms. The van der Waals surface area contributed by atoms with Gasteiger partial charge in [-0.05, 0) is 62.9 Å². The average molecular weight is 552 g/mol. The number of carbonyl (C=O) groups is 2. The Morgan fingerprint density at radius 2 is 1.76 bits per heavy atom. The van der Waals surface area contributed by atoms with Crippen molar-refractivity contribution in [2.24, 2.45) is 0 Å². The molecule has 0 aliphatic carbocycles. The van der Waals surface area contributed by atoms with E-state index in [0.29, 0.717) is 35.4 Å². The van der Waals surface area contributed by atoms with Crippen molar-refractivity contribution in [2.45, 2.75) is 50.6 Å². The lowest BCUT2D eigenvalue weighted by Gasteiger charge is -2.38. The fraction of sp³-hybridized carbons (Fsp3) is 0.276. The molecule has 1 aromatic carbocycles. The summed E-state index contributed by atoms with van der Waals surface area (Å²) in [7, 11) is 0. The largest absolute Gasteiger partial charge is 0.383 e. The number of hydrogen-bond donors (Lipinski definition) is 2. The standard InChI is InChI=1S/C29H26FN9O2/c1-15(40)24-25(18-10-20-7-8-21(11-18)38(20)29(41)27-33-14-34-37-27)36-28-22(13-35-39(28)26(24)31)17-4-9-23(32-12-17)16-2-5-19(30)6-3-16/h2-6,9,12-14,18,20-21H,7-8,10-11,31H2,1H3,(H,33,34,37)/t18-,20+,21-. The zero-order valence-electron chi connectivity index (χ0n) is 22.2. The van der Waals surface area contributed by atoms with Gasteiger partial charge in [-0.1, -0.05) is 6.07 Å². The second kappa shape index (κ2) is 9.58. The number of Topliss-reactive ketones (excluding diaryl/α,β-unsaturated/α-hetero) is 1. The highest BCUT2D eigenvalue weighted by molar-refractivity contribution is 6.00.